The molecule has 0 nitrogen and oxygen atoms in total. The monoisotopic (exact) mass is 400 g/mol. The van der Waals surface area contributed by atoms with Crippen molar-refractivity contribution in [1.29, 1.82) is 0 Å². The summed E-state index contributed by atoms with van der Waals surface area (Å²) in [5.74, 6) is 0. The van der Waals surface area contributed by atoms with Crippen LogP contribution >= 0.6 is 56.5 Å². The Labute approximate surface area is 103 Å². The molecule has 12 heavy (non-hydrogen) atoms. The summed E-state index contributed by atoms with van der Waals surface area (Å²) in [6.45, 7) is 2.18. The fourth-order valence-corrected chi connectivity index (χ4v) is 3.69. The van der Waals surface area contributed by atoms with Crippen LogP contribution in [0.25, 0.3) is 10.1 Å². The molecule has 0 amide bonds. The molecule has 0 saturated carbocycles. The number of thiophene rings is 1. The second-order valence-electron chi connectivity index (χ2n) is 2.65. The molecule has 0 radical (unpaired) electrons. The molecule has 0 spiro atoms. The summed E-state index contributed by atoms with van der Waals surface area (Å²) in [6, 6.07) is 4.39. The number of hydrogen-bond acceptors (Lipinski definition) is 1. The summed E-state index contributed by atoms with van der Waals surface area (Å²) in [4.78, 5) is 0. The zero-order chi connectivity index (χ0) is 8.72. The third kappa shape index (κ3) is 1.39. The number of fused-ring (bicyclic) bond motifs is 1. The maximum atomic E-state index is 2.42. The van der Waals surface area contributed by atoms with Gasteiger partial charge in [0.15, 0.2) is 0 Å². The number of hydrogen-bond donors (Lipinski definition) is 0. The van der Waals surface area contributed by atoms with E-state index >= 15 is 0 Å². The Kier molecular flexibility index (Phi) is 2.62. The van der Waals surface area contributed by atoms with Crippen LogP contribution in [-0.4, -0.2) is 0 Å². The number of benzene rings is 1. The van der Waals surface area contributed by atoms with E-state index in [4.69, 9.17) is 0 Å². The maximum absolute atomic E-state index is 2.42. The lowest BCUT2D eigenvalue weighted by Crippen LogP contribution is -1.80. The first-order valence-electron chi connectivity index (χ1n) is 3.52. The average Bonchev–Trinajstić information content (AvgIpc) is 2.41. The van der Waals surface area contributed by atoms with E-state index < -0.39 is 0 Å². The summed E-state index contributed by atoms with van der Waals surface area (Å²) < 4.78 is 4.14. The van der Waals surface area contributed by atoms with E-state index in [0.717, 1.165) is 0 Å². The Hall–Kier alpha value is 0.640. The summed E-state index contributed by atoms with van der Waals surface area (Å²) in [5, 5.41) is 3.66. The van der Waals surface area contributed by atoms with E-state index in [0.29, 0.717) is 0 Å². The molecule has 0 unspecified atom stereocenters. The van der Waals surface area contributed by atoms with Crippen molar-refractivity contribution in [3.8, 4) is 0 Å². The van der Waals surface area contributed by atoms with Gasteiger partial charge in [-0.05, 0) is 75.2 Å². The molecule has 0 fully saturated rings. The van der Waals surface area contributed by atoms with Gasteiger partial charge in [-0.15, -0.1) is 11.3 Å². The molecule has 2 aromatic rings. The lowest BCUT2D eigenvalue weighted by molar-refractivity contribution is 1.57. The fraction of sp³-hybridized carbons (Fsp3) is 0.111. The first-order chi connectivity index (χ1) is 5.70. The van der Waals surface area contributed by atoms with E-state index in [2.05, 4.69) is 69.6 Å². The highest BCUT2D eigenvalue weighted by molar-refractivity contribution is 14.1. The third-order valence-corrected chi connectivity index (χ3v) is 5.93. The van der Waals surface area contributed by atoms with Crippen molar-refractivity contribution < 1.29 is 0 Å². The van der Waals surface area contributed by atoms with E-state index in [1.165, 1.54) is 22.8 Å². The third-order valence-electron chi connectivity index (χ3n) is 1.81. The Balaban J connectivity index is 2.96. The lowest BCUT2D eigenvalue weighted by atomic mass is 10.2. The van der Waals surface area contributed by atoms with Crippen LogP contribution in [0.5, 0.6) is 0 Å². The molecule has 2 rings (SSSR count). The molecule has 0 aliphatic carbocycles. The van der Waals surface area contributed by atoms with Gasteiger partial charge in [-0.2, -0.15) is 0 Å². The minimum Gasteiger partial charge on any atom is -0.143 e. The summed E-state index contributed by atoms with van der Waals surface area (Å²) >= 11 is 6.64. The molecule has 0 aliphatic rings. The predicted molar refractivity (Wildman–Crippen MR) is 72.0 cm³/mol. The van der Waals surface area contributed by atoms with Crippen molar-refractivity contribution in [2.24, 2.45) is 0 Å². The van der Waals surface area contributed by atoms with Gasteiger partial charge in [-0.3, -0.25) is 0 Å². The minimum atomic E-state index is 1.35. The Morgan fingerprint density at radius 2 is 2.00 bits per heavy atom. The van der Waals surface area contributed by atoms with E-state index in [-0.39, 0.29) is 0 Å². The molecule has 0 bridgehead atoms. The first kappa shape index (κ1) is 9.21. The van der Waals surface area contributed by atoms with Crippen LogP contribution in [0, 0.1) is 14.1 Å². The van der Waals surface area contributed by atoms with E-state index in [1.54, 1.807) is 0 Å². The molecule has 1 aromatic carbocycles. The second kappa shape index (κ2) is 3.42. The molecular formula is C9H6I2S. The smallest absolute Gasteiger partial charge is 0.0356 e. The van der Waals surface area contributed by atoms with Crippen LogP contribution in [0.2, 0.25) is 0 Å². The largest absolute Gasteiger partial charge is 0.143 e. The van der Waals surface area contributed by atoms with Crippen LogP contribution in [0.15, 0.2) is 17.5 Å². The Bertz CT molecular complexity index is 431. The normalized spacial score (nSPS) is 10.9. The van der Waals surface area contributed by atoms with Crippen LogP contribution in [0.4, 0.5) is 0 Å². The highest BCUT2D eigenvalue weighted by Gasteiger charge is 2.06. The van der Waals surface area contributed by atoms with Gasteiger partial charge in [0.05, 0.1) is 0 Å². The highest BCUT2D eigenvalue weighted by atomic mass is 127. The molecule has 1 heterocycles. The van der Waals surface area contributed by atoms with E-state index in [9.17, 15) is 0 Å². The average molecular weight is 400 g/mol. The molecule has 1 aromatic heterocycles. The molecule has 3 heteroatoms. The quantitative estimate of drug-likeness (QED) is 0.575. The summed E-state index contributed by atoms with van der Waals surface area (Å²) in [6.07, 6.45) is 0. The lowest BCUT2D eigenvalue weighted by Gasteiger charge is -1.98. The molecular weight excluding hydrogens is 394 g/mol. The highest BCUT2D eigenvalue weighted by Crippen LogP contribution is 2.32. The van der Waals surface area contributed by atoms with Gasteiger partial charge in [0, 0.05) is 17.2 Å². The molecule has 0 saturated heterocycles. The van der Waals surface area contributed by atoms with Crippen molar-refractivity contribution in [3.63, 3.8) is 0 Å². The van der Waals surface area contributed by atoms with E-state index in [1.807, 2.05) is 11.3 Å². The topological polar surface area (TPSA) is 0 Å². The standard InChI is InChI=1S/C9H6I2S/c1-5-4-12-7-3-2-6(10)9(11)8(5)7/h2-4H,1H3. The number of aryl methyl sites for hydroxylation is 1. The van der Waals surface area contributed by atoms with Crippen LogP contribution in [-0.2, 0) is 0 Å². The van der Waals surface area contributed by atoms with Crippen molar-refractivity contribution in [2.45, 2.75) is 6.92 Å². The zero-order valence-corrected chi connectivity index (χ0v) is 11.5. The summed E-state index contributed by atoms with van der Waals surface area (Å²) in [5.41, 5.74) is 1.40. The Morgan fingerprint density at radius 1 is 1.25 bits per heavy atom. The van der Waals surface area contributed by atoms with Crippen molar-refractivity contribution in [1.82, 2.24) is 0 Å². The molecule has 0 atom stereocenters. The molecule has 62 valence electrons. The second-order valence-corrected chi connectivity index (χ2v) is 5.81. The van der Waals surface area contributed by atoms with Crippen molar-refractivity contribution in [2.75, 3.05) is 0 Å². The van der Waals surface area contributed by atoms with Gasteiger partial charge in [-0.1, -0.05) is 0 Å². The van der Waals surface area contributed by atoms with Gasteiger partial charge >= 0.3 is 0 Å². The number of rotatable bonds is 0. The predicted octanol–water partition coefficient (Wildman–Crippen LogP) is 4.42. The van der Waals surface area contributed by atoms with Crippen molar-refractivity contribution >= 4 is 66.6 Å². The van der Waals surface area contributed by atoms with Gasteiger partial charge in [-0.25, -0.2) is 0 Å². The van der Waals surface area contributed by atoms with Crippen molar-refractivity contribution in [3.05, 3.63) is 30.2 Å². The van der Waals surface area contributed by atoms with Gasteiger partial charge in [0.2, 0.25) is 0 Å². The summed E-state index contributed by atoms with van der Waals surface area (Å²) in [7, 11) is 0. The van der Waals surface area contributed by atoms with Gasteiger partial charge < -0.3 is 0 Å². The van der Waals surface area contributed by atoms with Crippen LogP contribution < -0.4 is 0 Å². The van der Waals surface area contributed by atoms with Crippen LogP contribution in [0.3, 0.4) is 0 Å². The first-order valence-corrected chi connectivity index (χ1v) is 6.55. The fourth-order valence-electron chi connectivity index (χ4n) is 1.21. The Morgan fingerprint density at radius 3 is 2.75 bits per heavy atom. The maximum Gasteiger partial charge on any atom is 0.0356 e. The molecule has 0 N–H and O–H groups in total. The minimum absolute atomic E-state index is 1.35. The van der Waals surface area contributed by atoms with Crippen LogP contribution in [0.1, 0.15) is 5.56 Å². The SMILES string of the molecule is Cc1csc2ccc(I)c(I)c12. The number of halogens is 2. The zero-order valence-electron chi connectivity index (χ0n) is 6.40. The van der Waals surface area contributed by atoms with Gasteiger partial charge in [0.1, 0.15) is 0 Å². The molecule has 0 aliphatic heterocycles. The van der Waals surface area contributed by atoms with Gasteiger partial charge in [0.25, 0.3) is 0 Å².